The van der Waals surface area contributed by atoms with E-state index in [1.807, 2.05) is 55.4 Å². The summed E-state index contributed by atoms with van der Waals surface area (Å²) in [5.74, 6) is -1.23. The van der Waals surface area contributed by atoms with Crippen LogP contribution >= 0.6 is 0 Å². The van der Waals surface area contributed by atoms with Gasteiger partial charge in [0.25, 0.3) is 0 Å². The Kier molecular flexibility index (Phi) is 9.19. The highest BCUT2D eigenvalue weighted by Gasteiger charge is 2.36. The molecule has 0 aliphatic heterocycles. The molecule has 2 N–H and O–H groups in total. The van der Waals surface area contributed by atoms with E-state index in [0.29, 0.717) is 6.42 Å². The van der Waals surface area contributed by atoms with Crippen molar-refractivity contribution in [2.75, 3.05) is 0 Å². The van der Waals surface area contributed by atoms with Gasteiger partial charge in [0.15, 0.2) is 0 Å². The lowest BCUT2D eigenvalue weighted by Gasteiger charge is -2.34. The molecule has 2 atom stereocenters. The van der Waals surface area contributed by atoms with E-state index >= 15 is 0 Å². The van der Waals surface area contributed by atoms with Crippen LogP contribution in [0.1, 0.15) is 89.0 Å². The number of rotatable bonds is 7. The third kappa shape index (κ3) is 11.3. The van der Waals surface area contributed by atoms with Crippen LogP contribution in [0.15, 0.2) is 0 Å². The maximum atomic E-state index is 13.0. The summed E-state index contributed by atoms with van der Waals surface area (Å²) in [4.78, 5) is 38.1. The summed E-state index contributed by atoms with van der Waals surface area (Å²) in [6, 6.07) is -0.701. The molecular weight excluding hydrogens is 356 g/mol. The van der Waals surface area contributed by atoms with Crippen molar-refractivity contribution in [3.05, 3.63) is 0 Å². The minimum absolute atomic E-state index is 0.000956. The average molecular weight is 399 g/mol. The van der Waals surface area contributed by atoms with Gasteiger partial charge in [-0.25, -0.2) is 0 Å². The van der Waals surface area contributed by atoms with Crippen LogP contribution in [0.4, 0.5) is 0 Å². The second-order valence-corrected chi connectivity index (χ2v) is 11.2. The number of ether oxygens (including phenoxy) is 1. The van der Waals surface area contributed by atoms with Crippen molar-refractivity contribution < 1.29 is 19.1 Å². The first kappa shape index (κ1) is 26.4. The standard InChI is InChI=1S/C22H42N2O4/c1-14(2)12-15(13-16(25)28-22(9,10)11)18(26)23-17(20(3,4)5)19(27)24-21(6,7)8/h14-15,17H,12-13H2,1-11H3,(H,23,26)(H,24,27)/t15-,17?/m1/s1. The Bertz CT molecular complexity index is 548. The van der Waals surface area contributed by atoms with Gasteiger partial charge in [-0.2, -0.15) is 0 Å². The maximum Gasteiger partial charge on any atom is 0.307 e. The van der Waals surface area contributed by atoms with Crippen LogP contribution in [0.25, 0.3) is 0 Å². The first-order chi connectivity index (χ1) is 12.3. The molecule has 0 bridgehead atoms. The van der Waals surface area contributed by atoms with Crippen molar-refractivity contribution in [2.45, 2.75) is 106 Å². The SMILES string of the molecule is CC(C)C[C@H](CC(=O)OC(C)(C)C)C(=O)NC(C(=O)NC(C)(C)C)C(C)(C)C. The first-order valence-electron chi connectivity index (χ1n) is 10.2. The molecule has 0 aliphatic carbocycles. The Morgan fingerprint density at radius 3 is 1.71 bits per heavy atom. The molecule has 6 nitrogen and oxygen atoms in total. The Morgan fingerprint density at radius 1 is 0.857 bits per heavy atom. The highest BCUT2D eigenvalue weighted by Crippen LogP contribution is 2.23. The average Bonchev–Trinajstić information content (AvgIpc) is 2.37. The Balaban J connectivity index is 5.42. The number of hydrogen-bond acceptors (Lipinski definition) is 4. The molecule has 0 radical (unpaired) electrons. The molecule has 164 valence electrons. The summed E-state index contributed by atoms with van der Waals surface area (Å²) in [6.07, 6.45) is 0.544. The molecule has 6 heteroatoms. The Morgan fingerprint density at radius 2 is 1.36 bits per heavy atom. The molecule has 0 aromatic rings. The molecule has 0 heterocycles. The van der Waals surface area contributed by atoms with Gasteiger partial charge in [0, 0.05) is 11.5 Å². The molecule has 0 spiro atoms. The smallest absolute Gasteiger partial charge is 0.307 e. The van der Waals surface area contributed by atoms with E-state index in [4.69, 9.17) is 4.74 Å². The predicted octanol–water partition coefficient (Wildman–Crippen LogP) is 3.83. The van der Waals surface area contributed by atoms with E-state index in [9.17, 15) is 14.4 Å². The molecule has 28 heavy (non-hydrogen) atoms. The topological polar surface area (TPSA) is 84.5 Å². The first-order valence-corrected chi connectivity index (χ1v) is 10.2. The van der Waals surface area contributed by atoms with Crippen molar-refractivity contribution in [2.24, 2.45) is 17.3 Å². The van der Waals surface area contributed by atoms with Crippen molar-refractivity contribution >= 4 is 17.8 Å². The number of amides is 2. The Hall–Kier alpha value is -1.59. The highest BCUT2D eigenvalue weighted by atomic mass is 16.6. The second kappa shape index (κ2) is 9.75. The summed E-state index contributed by atoms with van der Waals surface area (Å²) in [7, 11) is 0. The van der Waals surface area contributed by atoms with E-state index < -0.39 is 34.5 Å². The lowest BCUT2D eigenvalue weighted by Crippen LogP contribution is -2.58. The fraction of sp³-hybridized carbons (Fsp3) is 0.864. The molecule has 0 rings (SSSR count). The van der Waals surface area contributed by atoms with E-state index in [0.717, 1.165) is 0 Å². The van der Waals surface area contributed by atoms with Gasteiger partial charge in [-0.3, -0.25) is 14.4 Å². The molecule has 0 aliphatic rings. The molecule has 0 fully saturated rings. The molecule has 0 aromatic heterocycles. The van der Waals surface area contributed by atoms with Gasteiger partial charge in [-0.05, 0) is 59.3 Å². The van der Waals surface area contributed by atoms with Gasteiger partial charge < -0.3 is 15.4 Å². The number of hydrogen-bond donors (Lipinski definition) is 2. The molecule has 0 saturated heterocycles. The van der Waals surface area contributed by atoms with Crippen molar-refractivity contribution in [3.8, 4) is 0 Å². The normalized spacial score (nSPS) is 15.0. The second-order valence-electron chi connectivity index (χ2n) is 11.2. The molecule has 0 saturated carbocycles. The highest BCUT2D eigenvalue weighted by molar-refractivity contribution is 5.90. The van der Waals surface area contributed by atoms with Crippen LogP contribution in [0.2, 0.25) is 0 Å². The Labute approximate surface area is 171 Å². The third-order valence-corrected chi connectivity index (χ3v) is 3.87. The fourth-order valence-corrected chi connectivity index (χ4v) is 2.81. The van der Waals surface area contributed by atoms with Crippen molar-refractivity contribution in [1.82, 2.24) is 10.6 Å². The number of carbonyl (C=O) groups excluding carboxylic acids is 3. The van der Waals surface area contributed by atoms with Crippen LogP contribution in [0.3, 0.4) is 0 Å². The van der Waals surface area contributed by atoms with Gasteiger partial charge in [-0.15, -0.1) is 0 Å². The van der Waals surface area contributed by atoms with Gasteiger partial charge >= 0.3 is 5.97 Å². The van der Waals surface area contributed by atoms with Crippen LogP contribution in [0.5, 0.6) is 0 Å². The van der Waals surface area contributed by atoms with E-state index in [1.54, 1.807) is 20.8 Å². The minimum Gasteiger partial charge on any atom is -0.460 e. The summed E-state index contributed by atoms with van der Waals surface area (Å²) in [5.41, 5.74) is -1.48. The van der Waals surface area contributed by atoms with E-state index in [1.165, 1.54) is 0 Å². The quantitative estimate of drug-likeness (QED) is 0.638. The van der Waals surface area contributed by atoms with Crippen LogP contribution < -0.4 is 10.6 Å². The summed E-state index contributed by atoms with van der Waals surface area (Å²) < 4.78 is 5.39. The van der Waals surface area contributed by atoms with Crippen molar-refractivity contribution in [3.63, 3.8) is 0 Å². The van der Waals surface area contributed by atoms with Crippen molar-refractivity contribution in [1.29, 1.82) is 0 Å². The number of nitrogens with one attached hydrogen (secondary N) is 2. The molecule has 0 aromatic carbocycles. The monoisotopic (exact) mass is 398 g/mol. The van der Waals surface area contributed by atoms with Crippen LogP contribution in [-0.2, 0) is 19.1 Å². The van der Waals surface area contributed by atoms with Gasteiger partial charge in [0.2, 0.25) is 11.8 Å². The fourth-order valence-electron chi connectivity index (χ4n) is 2.81. The van der Waals surface area contributed by atoms with Gasteiger partial charge in [0.1, 0.15) is 11.6 Å². The van der Waals surface area contributed by atoms with Crippen LogP contribution in [0, 0.1) is 17.3 Å². The van der Waals surface area contributed by atoms with Crippen LogP contribution in [-0.4, -0.2) is 35.0 Å². The summed E-state index contributed by atoms with van der Waals surface area (Å²) in [6.45, 7) is 20.8. The van der Waals surface area contributed by atoms with E-state index in [-0.39, 0.29) is 24.2 Å². The molecule has 2 amide bonds. The molecular formula is C22H42N2O4. The predicted molar refractivity (Wildman–Crippen MR) is 113 cm³/mol. The van der Waals surface area contributed by atoms with Gasteiger partial charge in [0.05, 0.1) is 6.42 Å². The lowest BCUT2D eigenvalue weighted by atomic mass is 9.84. The molecule has 1 unspecified atom stereocenters. The summed E-state index contributed by atoms with van der Waals surface area (Å²) in [5, 5.41) is 5.83. The largest absolute Gasteiger partial charge is 0.460 e. The zero-order chi connectivity index (χ0) is 22.5. The summed E-state index contributed by atoms with van der Waals surface area (Å²) >= 11 is 0. The zero-order valence-electron chi connectivity index (χ0n) is 19.8. The van der Waals surface area contributed by atoms with Gasteiger partial charge in [-0.1, -0.05) is 34.6 Å². The van der Waals surface area contributed by atoms with E-state index in [2.05, 4.69) is 10.6 Å². The lowest BCUT2D eigenvalue weighted by molar-refractivity contribution is -0.157. The maximum absolute atomic E-state index is 13.0. The zero-order valence-corrected chi connectivity index (χ0v) is 19.8. The minimum atomic E-state index is -0.701. The number of carbonyl (C=O) groups is 3. The number of esters is 1. The third-order valence-electron chi connectivity index (χ3n) is 3.87.